The van der Waals surface area contributed by atoms with Crippen molar-refractivity contribution < 1.29 is 4.39 Å². The van der Waals surface area contributed by atoms with Gasteiger partial charge >= 0.3 is 0 Å². The van der Waals surface area contributed by atoms with Gasteiger partial charge in [0.25, 0.3) is 0 Å². The van der Waals surface area contributed by atoms with Gasteiger partial charge < -0.3 is 5.73 Å². The zero-order chi connectivity index (χ0) is 14.7. The largest absolute Gasteiger partial charge is 0.322 e. The molecule has 1 atom stereocenters. The van der Waals surface area contributed by atoms with Crippen molar-refractivity contribution >= 4 is 27.5 Å². The molecule has 0 spiro atoms. The number of hydrogen-bond acceptors (Lipinski definition) is 2. The highest BCUT2D eigenvalue weighted by atomic mass is 79.9. The van der Waals surface area contributed by atoms with E-state index >= 15 is 0 Å². The van der Waals surface area contributed by atoms with E-state index in [1.54, 1.807) is 18.3 Å². The minimum atomic E-state index is -0.401. The highest BCUT2D eigenvalue weighted by Crippen LogP contribution is 2.27. The molecule has 0 aliphatic heterocycles. The maximum Gasteiger partial charge on any atom is 0.145 e. The summed E-state index contributed by atoms with van der Waals surface area (Å²) in [4.78, 5) is 0. The lowest BCUT2D eigenvalue weighted by Gasteiger charge is -2.15. The van der Waals surface area contributed by atoms with Crippen molar-refractivity contribution in [2.24, 2.45) is 5.73 Å². The quantitative estimate of drug-likeness (QED) is 0.872. The standard InChI is InChI=1S/C14H16BrClFN3/c1-2-6-20-14(10(15)8-19-20)12(18)7-9-4-3-5-11(16)13(9)17/h3-5,8,12H,2,6-7,18H2,1H3. The van der Waals surface area contributed by atoms with Crippen molar-refractivity contribution in [2.45, 2.75) is 32.4 Å². The first-order valence-corrected chi connectivity index (χ1v) is 7.61. The van der Waals surface area contributed by atoms with Crippen molar-refractivity contribution in [3.63, 3.8) is 0 Å². The van der Waals surface area contributed by atoms with Crippen LogP contribution in [0.3, 0.4) is 0 Å². The average Bonchev–Trinajstić information content (AvgIpc) is 2.77. The minimum Gasteiger partial charge on any atom is -0.322 e. The summed E-state index contributed by atoms with van der Waals surface area (Å²) in [6, 6.07) is 4.62. The van der Waals surface area contributed by atoms with Crippen molar-refractivity contribution in [3.8, 4) is 0 Å². The smallest absolute Gasteiger partial charge is 0.145 e. The summed E-state index contributed by atoms with van der Waals surface area (Å²) in [7, 11) is 0. The maximum absolute atomic E-state index is 13.9. The number of aromatic nitrogens is 2. The van der Waals surface area contributed by atoms with Crippen molar-refractivity contribution in [1.82, 2.24) is 9.78 Å². The van der Waals surface area contributed by atoms with Crippen molar-refractivity contribution in [1.29, 1.82) is 0 Å². The lowest BCUT2D eigenvalue weighted by Crippen LogP contribution is -2.19. The molecule has 0 saturated heterocycles. The van der Waals surface area contributed by atoms with Crippen LogP contribution in [0.2, 0.25) is 5.02 Å². The molecule has 1 aromatic heterocycles. The summed E-state index contributed by atoms with van der Waals surface area (Å²) in [5.74, 6) is -0.401. The van der Waals surface area contributed by atoms with Crippen LogP contribution in [0, 0.1) is 5.82 Å². The van der Waals surface area contributed by atoms with Crippen LogP contribution in [0.25, 0.3) is 0 Å². The highest BCUT2D eigenvalue weighted by Gasteiger charge is 2.18. The second-order valence-electron chi connectivity index (χ2n) is 4.62. The van der Waals surface area contributed by atoms with Gasteiger partial charge in [-0.3, -0.25) is 4.68 Å². The van der Waals surface area contributed by atoms with E-state index in [2.05, 4.69) is 28.0 Å². The molecule has 1 heterocycles. The Labute approximate surface area is 131 Å². The predicted octanol–water partition coefficient (Wildman–Crippen LogP) is 4.09. The number of benzene rings is 1. The lowest BCUT2D eigenvalue weighted by atomic mass is 10.0. The number of rotatable bonds is 5. The SMILES string of the molecule is CCCn1ncc(Br)c1C(N)Cc1cccc(Cl)c1F. The van der Waals surface area contributed by atoms with Gasteiger partial charge in [0.1, 0.15) is 5.82 Å². The maximum atomic E-state index is 13.9. The molecule has 2 N–H and O–H groups in total. The third-order valence-electron chi connectivity index (χ3n) is 3.09. The first kappa shape index (κ1) is 15.5. The van der Waals surface area contributed by atoms with Gasteiger partial charge in [0.05, 0.1) is 27.4 Å². The zero-order valence-electron chi connectivity index (χ0n) is 11.1. The van der Waals surface area contributed by atoms with Crippen LogP contribution in [0.1, 0.15) is 30.6 Å². The molecule has 0 saturated carbocycles. The van der Waals surface area contributed by atoms with E-state index in [4.69, 9.17) is 17.3 Å². The highest BCUT2D eigenvalue weighted by molar-refractivity contribution is 9.10. The second kappa shape index (κ2) is 6.70. The summed E-state index contributed by atoms with van der Waals surface area (Å²) in [5, 5.41) is 4.40. The van der Waals surface area contributed by atoms with E-state index in [1.807, 2.05) is 4.68 Å². The van der Waals surface area contributed by atoms with E-state index in [1.165, 1.54) is 6.07 Å². The van der Waals surface area contributed by atoms with Crippen LogP contribution in [-0.2, 0) is 13.0 Å². The summed E-state index contributed by atoms with van der Waals surface area (Å²) in [6.45, 7) is 2.86. The van der Waals surface area contributed by atoms with Crippen LogP contribution >= 0.6 is 27.5 Å². The Bertz CT molecular complexity index is 600. The fourth-order valence-electron chi connectivity index (χ4n) is 2.17. The van der Waals surface area contributed by atoms with Gasteiger partial charge in [-0.05, 0) is 40.4 Å². The Kier molecular flexibility index (Phi) is 5.18. The third kappa shape index (κ3) is 3.22. The topological polar surface area (TPSA) is 43.8 Å². The molecule has 0 aliphatic carbocycles. The van der Waals surface area contributed by atoms with Gasteiger partial charge in [-0.15, -0.1) is 0 Å². The predicted molar refractivity (Wildman–Crippen MR) is 82.3 cm³/mol. The molecule has 0 bridgehead atoms. The second-order valence-corrected chi connectivity index (χ2v) is 5.89. The van der Waals surface area contributed by atoms with Crippen molar-refractivity contribution in [2.75, 3.05) is 0 Å². The van der Waals surface area contributed by atoms with E-state index in [0.717, 1.165) is 23.1 Å². The lowest BCUT2D eigenvalue weighted by molar-refractivity contribution is 0.528. The normalized spacial score (nSPS) is 12.7. The summed E-state index contributed by atoms with van der Waals surface area (Å²) < 4.78 is 16.6. The van der Waals surface area contributed by atoms with E-state index in [-0.39, 0.29) is 11.1 Å². The van der Waals surface area contributed by atoms with E-state index < -0.39 is 5.82 Å². The Balaban J connectivity index is 2.26. The van der Waals surface area contributed by atoms with E-state index in [9.17, 15) is 4.39 Å². The van der Waals surface area contributed by atoms with Gasteiger partial charge in [-0.2, -0.15) is 5.10 Å². The van der Waals surface area contributed by atoms with Crippen molar-refractivity contribution in [3.05, 3.63) is 51.0 Å². The minimum absolute atomic E-state index is 0.121. The molecule has 0 fully saturated rings. The fraction of sp³-hybridized carbons (Fsp3) is 0.357. The number of aryl methyl sites for hydroxylation is 1. The molecule has 3 nitrogen and oxygen atoms in total. The third-order valence-corrected chi connectivity index (χ3v) is 3.99. The molecule has 1 aromatic carbocycles. The molecule has 6 heteroatoms. The molecule has 108 valence electrons. The molecule has 20 heavy (non-hydrogen) atoms. The Morgan fingerprint density at radius 1 is 1.50 bits per heavy atom. The molecule has 2 aromatic rings. The Morgan fingerprint density at radius 3 is 2.95 bits per heavy atom. The van der Waals surface area contributed by atoms with Gasteiger partial charge in [0, 0.05) is 6.54 Å². The number of halogens is 3. The van der Waals surface area contributed by atoms with Gasteiger partial charge in [0.2, 0.25) is 0 Å². The molecule has 0 radical (unpaired) electrons. The monoisotopic (exact) mass is 359 g/mol. The molecular formula is C14H16BrClFN3. The van der Waals surface area contributed by atoms with Crippen LogP contribution < -0.4 is 5.73 Å². The molecule has 2 rings (SSSR count). The van der Waals surface area contributed by atoms with Crippen LogP contribution in [-0.4, -0.2) is 9.78 Å². The van der Waals surface area contributed by atoms with Crippen LogP contribution in [0.5, 0.6) is 0 Å². The number of nitrogens with two attached hydrogens (primary N) is 1. The molecule has 1 unspecified atom stereocenters. The number of hydrogen-bond donors (Lipinski definition) is 1. The zero-order valence-corrected chi connectivity index (χ0v) is 13.5. The first-order chi connectivity index (χ1) is 9.54. The fourth-order valence-corrected chi connectivity index (χ4v) is 2.95. The molecule has 0 aliphatic rings. The Hall–Kier alpha value is -0.910. The summed E-state index contributed by atoms with van der Waals surface area (Å²) in [5.41, 5.74) is 7.62. The van der Waals surface area contributed by atoms with Crippen LogP contribution in [0.15, 0.2) is 28.9 Å². The van der Waals surface area contributed by atoms with Crippen LogP contribution in [0.4, 0.5) is 4.39 Å². The van der Waals surface area contributed by atoms with Gasteiger partial charge in [-0.1, -0.05) is 30.7 Å². The Morgan fingerprint density at radius 2 is 2.25 bits per heavy atom. The number of nitrogens with zero attached hydrogens (tertiary/aromatic N) is 2. The van der Waals surface area contributed by atoms with Gasteiger partial charge in [0.15, 0.2) is 0 Å². The van der Waals surface area contributed by atoms with Gasteiger partial charge in [-0.25, -0.2) is 4.39 Å². The first-order valence-electron chi connectivity index (χ1n) is 6.44. The average molecular weight is 361 g/mol. The van der Waals surface area contributed by atoms with E-state index in [0.29, 0.717) is 12.0 Å². The molecular weight excluding hydrogens is 345 g/mol. The summed E-state index contributed by atoms with van der Waals surface area (Å²) in [6.07, 6.45) is 3.05. The molecule has 0 amide bonds. The summed E-state index contributed by atoms with van der Waals surface area (Å²) >= 11 is 9.24.